The van der Waals surface area contributed by atoms with Crippen LogP contribution in [0, 0.1) is 0 Å². The fourth-order valence-electron chi connectivity index (χ4n) is 2.18. The molecule has 0 bridgehead atoms. The van der Waals surface area contributed by atoms with Gasteiger partial charge in [-0.05, 0) is 17.5 Å². The lowest BCUT2D eigenvalue weighted by molar-refractivity contribution is -0.139. The molecule has 1 aromatic carbocycles. The molecule has 0 aromatic heterocycles. The van der Waals surface area contributed by atoms with Crippen molar-refractivity contribution in [3.05, 3.63) is 41.5 Å². The zero-order chi connectivity index (χ0) is 12.3. The van der Waals surface area contributed by atoms with Gasteiger partial charge in [0.15, 0.2) is 0 Å². The Bertz CT molecular complexity index is 440. The average molecular weight is 231 g/mol. The predicted molar refractivity (Wildman–Crippen MR) is 67.7 cm³/mol. The van der Waals surface area contributed by atoms with Gasteiger partial charge in [-0.1, -0.05) is 49.8 Å². The highest BCUT2D eigenvalue weighted by Gasteiger charge is 2.23. The van der Waals surface area contributed by atoms with E-state index in [1.807, 2.05) is 43.3 Å². The van der Waals surface area contributed by atoms with Gasteiger partial charge in [-0.3, -0.25) is 10.1 Å². The van der Waals surface area contributed by atoms with Gasteiger partial charge in [0.05, 0.1) is 6.04 Å². The van der Waals surface area contributed by atoms with E-state index in [-0.39, 0.29) is 6.04 Å². The van der Waals surface area contributed by atoms with Crippen LogP contribution >= 0.6 is 0 Å². The summed E-state index contributed by atoms with van der Waals surface area (Å²) in [6.45, 7) is 2.00. The lowest BCUT2D eigenvalue weighted by Gasteiger charge is -2.19. The summed E-state index contributed by atoms with van der Waals surface area (Å²) >= 11 is 0. The van der Waals surface area contributed by atoms with E-state index in [4.69, 9.17) is 5.11 Å². The Balaban J connectivity index is 2.10. The topological polar surface area (TPSA) is 49.3 Å². The molecule has 1 aliphatic carbocycles. The van der Waals surface area contributed by atoms with Crippen LogP contribution in [-0.4, -0.2) is 17.1 Å². The smallest absolute Gasteiger partial charge is 0.320 e. The van der Waals surface area contributed by atoms with E-state index in [0.717, 1.165) is 12.0 Å². The second kappa shape index (κ2) is 5.15. The molecule has 1 aliphatic rings. The minimum absolute atomic E-state index is 0.0267. The quantitative estimate of drug-likeness (QED) is 0.819. The average Bonchev–Trinajstić information content (AvgIpc) is 2.72. The lowest BCUT2D eigenvalue weighted by atomic mass is 10.1. The molecule has 3 heteroatoms. The number of carbonyl (C=O) groups is 1. The maximum atomic E-state index is 11.1. The zero-order valence-corrected chi connectivity index (χ0v) is 9.89. The van der Waals surface area contributed by atoms with Gasteiger partial charge in [-0.2, -0.15) is 0 Å². The molecule has 0 fully saturated rings. The molecule has 0 heterocycles. The first kappa shape index (κ1) is 11.9. The molecular weight excluding hydrogens is 214 g/mol. The van der Waals surface area contributed by atoms with Gasteiger partial charge in [0.2, 0.25) is 0 Å². The third kappa shape index (κ3) is 2.56. The van der Waals surface area contributed by atoms with Crippen molar-refractivity contribution in [2.75, 3.05) is 0 Å². The summed E-state index contributed by atoms with van der Waals surface area (Å²) < 4.78 is 0. The van der Waals surface area contributed by atoms with Crippen molar-refractivity contribution in [1.82, 2.24) is 5.32 Å². The van der Waals surface area contributed by atoms with Crippen molar-refractivity contribution in [2.24, 2.45) is 0 Å². The molecule has 0 amide bonds. The SMILES string of the molecule is CCC[C@@H](N[C@H]1C=Cc2ccccc21)C(=O)O. The molecule has 3 nitrogen and oxygen atoms in total. The summed E-state index contributed by atoms with van der Waals surface area (Å²) in [7, 11) is 0. The Hall–Kier alpha value is -1.61. The number of hydrogen-bond donors (Lipinski definition) is 2. The number of nitrogens with one attached hydrogen (secondary N) is 1. The van der Waals surface area contributed by atoms with Crippen LogP contribution in [0.1, 0.15) is 36.9 Å². The molecule has 0 radical (unpaired) electrons. The zero-order valence-electron chi connectivity index (χ0n) is 9.89. The van der Waals surface area contributed by atoms with Crippen molar-refractivity contribution >= 4 is 12.0 Å². The number of carboxylic acid groups (broad SMARTS) is 1. The molecule has 0 saturated heterocycles. The number of hydrogen-bond acceptors (Lipinski definition) is 2. The standard InChI is InChI=1S/C14H17NO2/c1-2-5-13(14(16)17)15-12-9-8-10-6-3-4-7-11(10)12/h3-4,6-9,12-13,15H,2,5H2,1H3,(H,16,17)/t12-,13+/m0/s1. The van der Waals surface area contributed by atoms with E-state index >= 15 is 0 Å². The second-order valence-corrected chi connectivity index (χ2v) is 4.31. The van der Waals surface area contributed by atoms with Gasteiger partial charge in [0.1, 0.15) is 6.04 Å². The van der Waals surface area contributed by atoms with Crippen LogP contribution in [0.4, 0.5) is 0 Å². The predicted octanol–water partition coefficient (Wildman–Crippen LogP) is 2.60. The third-order valence-electron chi connectivity index (χ3n) is 3.06. The fraction of sp³-hybridized carbons (Fsp3) is 0.357. The largest absolute Gasteiger partial charge is 0.480 e. The first-order chi connectivity index (χ1) is 8.22. The summed E-state index contributed by atoms with van der Waals surface area (Å²) in [5.41, 5.74) is 2.33. The molecule has 2 atom stereocenters. The van der Waals surface area contributed by atoms with Crippen molar-refractivity contribution in [1.29, 1.82) is 0 Å². The van der Waals surface area contributed by atoms with E-state index in [1.165, 1.54) is 5.56 Å². The van der Waals surface area contributed by atoms with E-state index < -0.39 is 12.0 Å². The highest BCUT2D eigenvalue weighted by atomic mass is 16.4. The summed E-state index contributed by atoms with van der Waals surface area (Å²) in [6, 6.07) is 7.61. The van der Waals surface area contributed by atoms with Crippen molar-refractivity contribution < 1.29 is 9.90 Å². The maximum absolute atomic E-state index is 11.1. The molecule has 0 unspecified atom stereocenters. The lowest BCUT2D eigenvalue weighted by Crippen LogP contribution is -2.38. The van der Waals surface area contributed by atoms with Crippen LogP contribution in [0.5, 0.6) is 0 Å². The monoisotopic (exact) mass is 231 g/mol. The van der Waals surface area contributed by atoms with E-state index in [0.29, 0.717) is 6.42 Å². The number of rotatable bonds is 5. The van der Waals surface area contributed by atoms with Crippen molar-refractivity contribution in [3.8, 4) is 0 Å². The number of benzene rings is 1. The first-order valence-electron chi connectivity index (χ1n) is 5.98. The van der Waals surface area contributed by atoms with Gasteiger partial charge < -0.3 is 5.11 Å². The normalized spacial score (nSPS) is 19.0. The Labute approximate surface area is 101 Å². The minimum Gasteiger partial charge on any atom is -0.480 e. The molecule has 0 spiro atoms. The highest BCUT2D eigenvalue weighted by Crippen LogP contribution is 2.28. The van der Waals surface area contributed by atoms with E-state index in [1.54, 1.807) is 0 Å². The van der Waals surface area contributed by atoms with Crippen LogP contribution in [0.15, 0.2) is 30.3 Å². The van der Waals surface area contributed by atoms with Crippen LogP contribution in [0.2, 0.25) is 0 Å². The Morgan fingerprint density at radius 1 is 1.47 bits per heavy atom. The Morgan fingerprint density at radius 3 is 2.94 bits per heavy atom. The number of fused-ring (bicyclic) bond motifs is 1. The van der Waals surface area contributed by atoms with Gasteiger partial charge >= 0.3 is 5.97 Å². The van der Waals surface area contributed by atoms with Gasteiger partial charge in [0.25, 0.3) is 0 Å². The van der Waals surface area contributed by atoms with Crippen LogP contribution < -0.4 is 5.32 Å². The van der Waals surface area contributed by atoms with Gasteiger partial charge in [-0.15, -0.1) is 0 Å². The Morgan fingerprint density at radius 2 is 2.24 bits per heavy atom. The molecule has 0 saturated carbocycles. The van der Waals surface area contributed by atoms with Crippen LogP contribution in [0.3, 0.4) is 0 Å². The fourth-order valence-corrected chi connectivity index (χ4v) is 2.18. The van der Waals surface area contributed by atoms with Gasteiger partial charge in [0, 0.05) is 0 Å². The molecule has 1 aromatic rings. The number of carboxylic acids is 1. The van der Waals surface area contributed by atoms with Crippen LogP contribution in [-0.2, 0) is 4.79 Å². The minimum atomic E-state index is -0.773. The third-order valence-corrected chi connectivity index (χ3v) is 3.06. The molecular formula is C14H17NO2. The molecule has 90 valence electrons. The molecule has 2 rings (SSSR count). The van der Waals surface area contributed by atoms with E-state index in [9.17, 15) is 4.79 Å². The second-order valence-electron chi connectivity index (χ2n) is 4.31. The maximum Gasteiger partial charge on any atom is 0.320 e. The molecule has 0 aliphatic heterocycles. The first-order valence-corrected chi connectivity index (χ1v) is 5.98. The summed E-state index contributed by atoms with van der Waals surface area (Å²) in [5, 5.41) is 12.3. The van der Waals surface area contributed by atoms with Crippen molar-refractivity contribution in [3.63, 3.8) is 0 Å². The van der Waals surface area contributed by atoms with E-state index in [2.05, 4.69) is 5.32 Å². The summed E-state index contributed by atoms with van der Waals surface area (Å²) in [5.74, 6) is -0.773. The number of aliphatic carboxylic acids is 1. The molecule has 17 heavy (non-hydrogen) atoms. The van der Waals surface area contributed by atoms with Crippen LogP contribution in [0.25, 0.3) is 6.08 Å². The molecule has 2 N–H and O–H groups in total. The van der Waals surface area contributed by atoms with Gasteiger partial charge in [-0.25, -0.2) is 0 Å². The summed E-state index contributed by atoms with van der Waals surface area (Å²) in [4.78, 5) is 11.1. The summed E-state index contributed by atoms with van der Waals surface area (Å²) in [6.07, 6.45) is 5.58. The highest BCUT2D eigenvalue weighted by molar-refractivity contribution is 5.74. The van der Waals surface area contributed by atoms with Crippen molar-refractivity contribution in [2.45, 2.75) is 31.8 Å². The Kier molecular flexibility index (Phi) is 3.59.